The molecule has 1 fully saturated rings. The quantitative estimate of drug-likeness (QED) is 0.656. The Kier molecular flexibility index (Phi) is 5.33. The zero-order valence-electron chi connectivity index (χ0n) is 11.2. The molecule has 94 valence electrons. The van der Waals surface area contributed by atoms with Gasteiger partial charge >= 0.3 is 0 Å². The van der Waals surface area contributed by atoms with Crippen molar-refractivity contribution in [2.24, 2.45) is 0 Å². The van der Waals surface area contributed by atoms with Crippen molar-refractivity contribution in [3.8, 4) is 0 Å². The third-order valence-electron chi connectivity index (χ3n) is 3.27. The second kappa shape index (κ2) is 6.29. The highest BCUT2D eigenvalue weighted by Gasteiger charge is 2.20. The van der Waals surface area contributed by atoms with E-state index in [1.165, 1.54) is 31.6 Å². The molecule has 0 N–H and O–H groups in total. The molecule has 0 aromatic heterocycles. The molecule has 1 aliphatic heterocycles. The fourth-order valence-corrected chi connectivity index (χ4v) is 2.09. The van der Waals surface area contributed by atoms with Crippen molar-refractivity contribution >= 4 is 0 Å². The molecule has 0 radical (unpaired) electrons. The smallest absolute Gasteiger partial charge is 0.0630 e. The van der Waals surface area contributed by atoms with Crippen LogP contribution in [0.4, 0.5) is 0 Å². The Balaban J connectivity index is 2.24. The van der Waals surface area contributed by atoms with Crippen LogP contribution in [0.1, 0.15) is 52.9 Å². The minimum atomic E-state index is -0.00132. The van der Waals surface area contributed by atoms with Crippen molar-refractivity contribution in [2.45, 2.75) is 58.5 Å². The zero-order chi connectivity index (χ0) is 12.0. The second-order valence-corrected chi connectivity index (χ2v) is 5.37. The van der Waals surface area contributed by atoms with Gasteiger partial charge in [-0.05, 0) is 46.0 Å². The number of nitrogens with zero attached hydrogens (tertiary/aromatic N) is 1. The number of likely N-dealkylation sites (tertiary alicyclic amines) is 1. The highest BCUT2D eigenvalue weighted by atomic mass is 16.5. The lowest BCUT2D eigenvalue weighted by Gasteiger charge is -2.28. The summed E-state index contributed by atoms with van der Waals surface area (Å²) in [6.45, 7) is 14.0. The number of rotatable bonds is 7. The van der Waals surface area contributed by atoms with Gasteiger partial charge in [0.15, 0.2) is 0 Å². The molecular formula is C14H27NO. The molecule has 2 heteroatoms. The van der Waals surface area contributed by atoms with E-state index in [1.807, 2.05) is 0 Å². The standard InChI is InChI=1S/C14H27NO/c1-5-12-16-14(3,4)9-8-13(2)15-10-6-7-11-15/h2,5-12H2,1,3-4H3. The van der Waals surface area contributed by atoms with Gasteiger partial charge in [0, 0.05) is 25.4 Å². The van der Waals surface area contributed by atoms with Crippen molar-refractivity contribution in [3.63, 3.8) is 0 Å². The first-order valence-electron chi connectivity index (χ1n) is 6.62. The van der Waals surface area contributed by atoms with Gasteiger partial charge in [0.2, 0.25) is 0 Å². The molecule has 1 aliphatic rings. The zero-order valence-corrected chi connectivity index (χ0v) is 11.2. The number of allylic oxidation sites excluding steroid dienone is 1. The molecule has 0 unspecified atom stereocenters. The van der Waals surface area contributed by atoms with Gasteiger partial charge in [-0.3, -0.25) is 0 Å². The molecule has 0 bridgehead atoms. The Morgan fingerprint density at radius 2 is 1.94 bits per heavy atom. The topological polar surface area (TPSA) is 12.5 Å². The van der Waals surface area contributed by atoms with Crippen LogP contribution in [0.25, 0.3) is 0 Å². The maximum atomic E-state index is 5.83. The maximum absolute atomic E-state index is 5.83. The van der Waals surface area contributed by atoms with Gasteiger partial charge in [-0.25, -0.2) is 0 Å². The summed E-state index contributed by atoms with van der Waals surface area (Å²) in [5.74, 6) is 0. The maximum Gasteiger partial charge on any atom is 0.0630 e. The highest BCUT2D eigenvalue weighted by molar-refractivity contribution is 4.97. The van der Waals surface area contributed by atoms with Crippen LogP contribution in [0.5, 0.6) is 0 Å². The van der Waals surface area contributed by atoms with Crippen molar-refractivity contribution in [3.05, 3.63) is 12.3 Å². The molecule has 2 nitrogen and oxygen atoms in total. The average Bonchev–Trinajstić information content (AvgIpc) is 2.77. The molecule has 0 amide bonds. The molecule has 0 atom stereocenters. The number of ether oxygens (including phenoxy) is 1. The Labute approximate surface area is 101 Å². The van der Waals surface area contributed by atoms with E-state index in [1.54, 1.807) is 0 Å². The Morgan fingerprint density at radius 1 is 1.31 bits per heavy atom. The van der Waals surface area contributed by atoms with E-state index in [0.29, 0.717) is 0 Å². The molecule has 0 aliphatic carbocycles. The van der Waals surface area contributed by atoms with Crippen molar-refractivity contribution in [1.82, 2.24) is 4.90 Å². The first kappa shape index (κ1) is 13.6. The SMILES string of the molecule is C=C(CCC(C)(C)OCCC)N1CCCC1. The first-order chi connectivity index (χ1) is 7.55. The summed E-state index contributed by atoms with van der Waals surface area (Å²) >= 11 is 0. The van der Waals surface area contributed by atoms with E-state index >= 15 is 0 Å². The van der Waals surface area contributed by atoms with Crippen LogP contribution < -0.4 is 0 Å². The summed E-state index contributed by atoms with van der Waals surface area (Å²) in [6, 6.07) is 0. The molecule has 16 heavy (non-hydrogen) atoms. The van der Waals surface area contributed by atoms with E-state index in [-0.39, 0.29) is 5.60 Å². The number of hydrogen-bond acceptors (Lipinski definition) is 2. The van der Waals surface area contributed by atoms with Crippen LogP contribution in [-0.2, 0) is 4.74 Å². The lowest BCUT2D eigenvalue weighted by atomic mass is 10.0. The lowest BCUT2D eigenvalue weighted by molar-refractivity contribution is -0.0235. The highest BCUT2D eigenvalue weighted by Crippen LogP contribution is 2.23. The van der Waals surface area contributed by atoms with Gasteiger partial charge in [-0.15, -0.1) is 0 Å². The molecule has 1 saturated heterocycles. The Morgan fingerprint density at radius 3 is 2.50 bits per heavy atom. The lowest BCUT2D eigenvalue weighted by Crippen LogP contribution is -2.26. The van der Waals surface area contributed by atoms with E-state index < -0.39 is 0 Å². The first-order valence-corrected chi connectivity index (χ1v) is 6.62. The Hall–Kier alpha value is -0.500. The molecule has 0 saturated carbocycles. The molecule has 0 aromatic rings. The molecule has 0 aromatic carbocycles. The van der Waals surface area contributed by atoms with Crippen molar-refractivity contribution in [1.29, 1.82) is 0 Å². The van der Waals surface area contributed by atoms with Crippen LogP contribution in [-0.4, -0.2) is 30.2 Å². The fraction of sp³-hybridized carbons (Fsp3) is 0.857. The van der Waals surface area contributed by atoms with Gasteiger partial charge in [-0.2, -0.15) is 0 Å². The van der Waals surface area contributed by atoms with E-state index in [9.17, 15) is 0 Å². The van der Waals surface area contributed by atoms with Gasteiger partial charge in [0.25, 0.3) is 0 Å². The average molecular weight is 225 g/mol. The fourth-order valence-electron chi connectivity index (χ4n) is 2.09. The third-order valence-corrected chi connectivity index (χ3v) is 3.27. The minimum absolute atomic E-state index is 0.00132. The summed E-state index contributed by atoms with van der Waals surface area (Å²) < 4.78 is 5.83. The second-order valence-electron chi connectivity index (χ2n) is 5.37. The predicted octanol–water partition coefficient (Wildman–Crippen LogP) is 3.58. The van der Waals surface area contributed by atoms with E-state index in [4.69, 9.17) is 4.74 Å². The molecule has 1 heterocycles. The Bertz CT molecular complexity index is 217. The molecular weight excluding hydrogens is 198 g/mol. The van der Waals surface area contributed by atoms with Gasteiger partial charge < -0.3 is 9.64 Å². The summed E-state index contributed by atoms with van der Waals surface area (Å²) in [6.07, 6.45) is 5.89. The van der Waals surface area contributed by atoms with Crippen LogP contribution in [0.3, 0.4) is 0 Å². The summed E-state index contributed by atoms with van der Waals surface area (Å²) in [5.41, 5.74) is 1.30. The van der Waals surface area contributed by atoms with Crippen LogP contribution in [0.15, 0.2) is 12.3 Å². The minimum Gasteiger partial charge on any atom is -0.376 e. The summed E-state index contributed by atoms with van der Waals surface area (Å²) in [4.78, 5) is 2.43. The van der Waals surface area contributed by atoms with Gasteiger partial charge in [0.05, 0.1) is 5.60 Å². The third kappa shape index (κ3) is 4.56. The summed E-state index contributed by atoms with van der Waals surface area (Å²) in [7, 11) is 0. The van der Waals surface area contributed by atoms with Crippen molar-refractivity contribution in [2.75, 3.05) is 19.7 Å². The van der Waals surface area contributed by atoms with Crippen molar-refractivity contribution < 1.29 is 4.74 Å². The van der Waals surface area contributed by atoms with E-state index in [2.05, 4.69) is 32.3 Å². The largest absolute Gasteiger partial charge is 0.376 e. The van der Waals surface area contributed by atoms with Crippen LogP contribution in [0.2, 0.25) is 0 Å². The molecule has 1 rings (SSSR count). The predicted molar refractivity (Wildman–Crippen MR) is 69.5 cm³/mol. The van der Waals surface area contributed by atoms with E-state index in [0.717, 1.165) is 25.9 Å². The van der Waals surface area contributed by atoms with Gasteiger partial charge in [0.1, 0.15) is 0 Å². The van der Waals surface area contributed by atoms with Crippen LogP contribution >= 0.6 is 0 Å². The molecule has 0 spiro atoms. The van der Waals surface area contributed by atoms with Gasteiger partial charge in [-0.1, -0.05) is 13.5 Å². The summed E-state index contributed by atoms with van der Waals surface area (Å²) in [5, 5.41) is 0. The number of hydrogen-bond donors (Lipinski definition) is 0. The van der Waals surface area contributed by atoms with Crippen LogP contribution in [0, 0.1) is 0 Å². The normalized spacial score (nSPS) is 16.8. The monoisotopic (exact) mass is 225 g/mol.